The molecule has 3 rings (SSSR count). The van der Waals surface area contributed by atoms with Crippen LogP contribution in [-0.4, -0.2) is 16.1 Å². The molecule has 0 aliphatic carbocycles. The molecule has 2 aromatic carbocycles. The Labute approximate surface area is 147 Å². The Hall–Kier alpha value is -2.95. The van der Waals surface area contributed by atoms with Gasteiger partial charge in [-0.15, -0.1) is 5.10 Å². The van der Waals surface area contributed by atoms with Crippen molar-refractivity contribution in [2.24, 2.45) is 0 Å². The van der Waals surface area contributed by atoms with E-state index in [1.165, 1.54) is 11.1 Å². The van der Waals surface area contributed by atoms with Crippen LogP contribution in [0.2, 0.25) is 0 Å². The summed E-state index contributed by atoms with van der Waals surface area (Å²) in [4.78, 5) is 12.0. The summed E-state index contributed by atoms with van der Waals surface area (Å²) in [5.41, 5.74) is 4.71. The van der Waals surface area contributed by atoms with E-state index in [2.05, 4.69) is 41.5 Å². The minimum atomic E-state index is -0.134. The molecule has 0 spiro atoms. The maximum atomic E-state index is 12.0. The van der Waals surface area contributed by atoms with Crippen LogP contribution >= 0.6 is 0 Å². The first-order valence-corrected chi connectivity index (χ1v) is 8.32. The standard InChI is InChI=1S/C20H21N3O2/c1-14-8-9-17(12-15(14)2)13-19-22-23-20(25-19)21-18(24)11-10-16-6-4-3-5-7-16/h3-9,12H,10-11,13H2,1-2H3,(H,21,23,24). The number of rotatable bonds is 6. The van der Waals surface area contributed by atoms with Crippen molar-refractivity contribution in [3.8, 4) is 0 Å². The van der Waals surface area contributed by atoms with Gasteiger partial charge in [-0.3, -0.25) is 10.1 Å². The summed E-state index contributed by atoms with van der Waals surface area (Å²) in [6.45, 7) is 4.15. The third-order valence-corrected chi connectivity index (χ3v) is 4.12. The first-order valence-electron chi connectivity index (χ1n) is 8.32. The van der Waals surface area contributed by atoms with Gasteiger partial charge in [0.1, 0.15) is 0 Å². The number of aryl methyl sites for hydroxylation is 3. The number of amides is 1. The Morgan fingerprint density at radius 2 is 1.80 bits per heavy atom. The molecule has 1 amide bonds. The van der Waals surface area contributed by atoms with Gasteiger partial charge in [-0.2, -0.15) is 0 Å². The van der Waals surface area contributed by atoms with Crippen LogP contribution in [0, 0.1) is 13.8 Å². The van der Waals surface area contributed by atoms with Crippen molar-refractivity contribution in [3.05, 3.63) is 76.7 Å². The normalized spacial score (nSPS) is 10.6. The molecule has 1 N–H and O–H groups in total. The lowest BCUT2D eigenvalue weighted by Gasteiger charge is -2.03. The molecule has 5 nitrogen and oxygen atoms in total. The average Bonchev–Trinajstić information content (AvgIpc) is 3.04. The Bertz CT molecular complexity index is 856. The van der Waals surface area contributed by atoms with Gasteiger partial charge in [0, 0.05) is 6.42 Å². The molecule has 0 aliphatic rings. The maximum absolute atomic E-state index is 12.0. The molecular weight excluding hydrogens is 314 g/mol. The van der Waals surface area contributed by atoms with Crippen molar-refractivity contribution in [3.63, 3.8) is 0 Å². The highest BCUT2D eigenvalue weighted by atomic mass is 16.4. The molecule has 0 bridgehead atoms. The van der Waals surface area contributed by atoms with Crippen molar-refractivity contribution in [1.29, 1.82) is 0 Å². The van der Waals surface area contributed by atoms with Gasteiger partial charge in [0.15, 0.2) is 0 Å². The maximum Gasteiger partial charge on any atom is 0.322 e. The molecule has 0 saturated carbocycles. The quantitative estimate of drug-likeness (QED) is 0.743. The zero-order chi connectivity index (χ0) is 17.6. The minimum Gasteiger partial charge on any atom is -0.407 e. The predicted octanol–water partition coefficient (Wildman–Crippen LogP) is 3.85. The third-order valence-electron chi connectivity index (χ3n) is 4.12. The average molecular weight is 335 g/mol. The number of nitrogens with one attached hydrogen (secondary N) is 1. The Morgan fingerprint density at radius 1 is 1.00 bits per heavy atom. The van der Waals surface area contributed by atoms with Gasteiger partial charge >= 0.3 is 6.01 Å². The second-order valence-electron chi connectivity index (χ2n) is 6.13. The van der Waals surface area contributed by atoms with Crippen LogP contribution in [0.3, 0.4) is 0 Å². The lowest BCUT2D eigenvalue weighted by molar-refractivity contribution is -0.116. The van der Waals surface area contributed by atoms with Gasteiger partial charge in [-0.05, 0) is 42.5 Å². The van der Waals surface area contributed by atoms with Crippen molar-refractivity contribution in [1.82, 2.24) is 10.2 Å². The van der Waals surface area contributed by atoms with Crippen LogP contribution in [-0.2, 0) is 17.6 Å². The van der Waals surface area contributed by atoms with E-state index in [0.29, 0.717) is 25.2 Å². The van der Waals surface area contributed by atoms with E-state index in [9.17, 15) is 4.79 Å². The molecular formula is C20H21N3O2. The summed E-state index contributed by atoms with van der Waals surface area (Å²) in [6.07, 6.45) is 1.60. The van der Waals surface area contributed by atoms with Gasteiger partial charge < -0.3 is 4.42 Å². The van der Waals surface area contributed by atoms with E-state index < -0.39 is 0 Å². The Morgan fingerprint density at radius 3 is 2.56 bits per heavy atom. The molecule has 0 unspecified atom stereocenters. The van der Waals surface area contributed by atoms with Crippen LogP contribution in [0.5, 0.6) is 0 Å². The van der Waals surface area contributed by atoms with E-state index in [4.69, 9.17) is 4.42 Å². The van der Waals surface area contributed by atoms with Crippen LogP contribution in [0.15, 0.2) is 52.9 Å². The molecule has 0 aliphatic heterocycles. The highest BCUT2D eigenvalue weighted by Gasteiger charge is 2.11. The lowest BCUT2D eigenvalue weighted by Crippen LogP contribution is -2.12. The molecule has 5 heteroatoms. The molecule has 25 heavy (non-hydrogen) atoms. The summed E-state index contributed by atoms with van der Waals surface area (Å²) in [5, 5.41) is 10.6. The molecule has 3 aromatic rings. The number of carbonyl (C=O) groups excluding carboxylic acids is 1. The molecule has 1 heterocycles. The van der Waals surface area contributed by atoms with Gasteiger partial charge in [-0.25, -0.2) is 0 Å². The van der Waals surface area contributed by atoms with Gasteiger partial charge in [-0.1, -0.05) is 53.6 Å². The number of anilines is 1. The van der Waals surface area contributed by atoms with E-state index in [0.717, 1.165) is 11.1 Å². The second kappa shape index (κ2) is 7.75. The summed E-state index contributed by atoms with van der Waals surface area (Å²) in [6, 6.07) is 16.3. The lowest BCUT2D eigenvalue weighted by atomic mass is 10.0. The zero-order valence-electron chi connectivity index (χ0n) is 14.5. The van der Waals surface area contributed by atoms with E-state index in [-0.39, 0.29) is 11.9 Å². The number of nitrogens with zero attached hydrogens (tertiary/aromatic N) is 2. The van der Waals surface area contributed by atoms with Crippen LogP contribution in [0.25, 0.3) is 0 Å². The highest BCUT2D eigenvalue weighted by molar-refractivity contribution is 5.88. The first-order chi connectivity index (χ1) is 12.1. The van der Waals surface area contributed by atoms with Crippen LogP contribution < -0.4 is 5.32 Å². The zero-order valence-corrected chi connectivity index (χ0v) is 14.5. The van der Waals surface area contributed by atoms with Crippen molar-refractivity contribution < 1.29 is 9.21 Å². The van der Waals surface area contributed by atoms with Gasteiger partial charge in [0.2, 0.25) is 11.8 Å². The first kappa shape index (κ1) is 16.9. The van der Waals surface area contributed by atoms with Crippen molar-refractivity contribution in [2.75, 3.05) is 5.32 Å². The molecule has 128 valence electrons. The summed E-state index contributed by atoms with van der Waals surface area (Å²) in [7, 11) is 0. The number of hydrogen-bond donors (Lipinski definition) is 1. The largest absolute Gasteiger partial charge is 0.407 e. The highest BCUT2D eigenvalue weighted by Crippen LogP contribution is 2.15. The number of hydrogen-bond acceptors (Lipinski definition) is 4. The predicted molar refractivity (Wildman–Crippen MR) is 96.4 cm³/mol. The molecule has 0 fully saturated rings. The van der Waals surface area contributed by atoms with E-state index >= 15 is 0 Å². The third kappa shape index (κ3) is 4.76. The fraction of sp³-hybridized carbons (Fsp3) is 0.250. The van der Waals surface area contributed by atoms with Crippen LogP contribution in [0.1, 0.15) is 34.6 Å². The minimum absolute atomic E-state index is 0.134. The fourth-order valence-electron chi connectivity index (χ4n) is 2.55. The fourth-order valence-corrected chi connectivity index (χ4v) is 2.55. The molecule has 0 atom stereocenters. The van der Waals surface area contributed by atoms with E-state index in [1.54, 1.807) is 0 Å². The summed E-state index contributed by atoms with van der Waals surface area (Å²) >= 11 is 0. The number of carbonyl (C=O) groups is 1. The van der Waals surface area contributed by atoms with Gasteiger partial charge in [0.25, 0.3) is 0 Å². The van der Waals surface area contributed by atoms with Gasteiger partial charge in [0.05, 0.1) is 6.42 Å². The van der Waals surface area contributed by atoms with E-state index in [1.807, 2.05) is 36.4 Å². The Balaban J connectivity index is 1.54. The SMILES string of the molecule is Cc1ccc(Cc2nnc(NC(=O)CCc3ccccc3)o2)cc1C. The molecule has 0 radical (unpaired) electrons. The summed E-state index contributed by atoms with van der Waals surface area (Å²) in [5.74, 6) is 0.354. The smallest absolute Gasteiger partial charge is 0.322 e. The topological polar surface area (TPSA) is 68.0 Å². The molecule has 1 aromatic heterocycles. The monoisotopic (exact) mass is 335 g/mol. The van der Waals surface area contributed by atoms with Crippen molar-refractivity contribution >= 4 is 11.9 Å². The molecule has 0 saturated heterocycles. The number of aromatic nitrogens is 2. The second-order valence-corrected chi connectivity index (χ2v) is 6.13. The van der Waals surface area contributed by atoms with Crippen LogP contribution in [0.4, 0.5) is 6.01 Å². The number of benzene rings is 2. The van der Waals surface area contributed by atoms with Crippen molar-refractivity contribution in [2.45, 2.75) is 33.1 Å². The Kier molecular flexibility index (Phi) is 5.23. The summed E-state index contributed by atoms with van der Waals surface area (Å²) < 4.78 is 5.53.